The Morgan fingerprint density at radius 3 is 2.22 bits per heavy atom. The van der Waals surface area contributed by atoms with Crippen LogP contribution in [-0.2, 0) is 22.1 Å². The minimum absolute atomic E-state index is 0.0172. The van der Waals surface area contributed by atoms with E-state index in [1.165, 1.54) is 31.2 Å². The number of hydrogen-bond acceptors (Lipinski definition) is 6. The van der Waals surface area contributed by atoms with Gasteiger partial charge >= 0.3 is 12.4 Å². The third-order valence-corrected chi connectivity index (χ3v) is 6.08. The molecule has 36 heavy (non-hydrogen) atoms. The van der Waals surface area contributed by atoms with Crippen molar-refractivity contribution in [3.63, 3.8) is 0 Å². The molecular weight excluding hydrogens is 514 g/mol. The van der Waals surface area contributed by atoms with Crippen molar-refractivity contribution < 1.29 is 40.1 Å². The van der Waals surface area contributed by atoms with Gasteiger partial charge in [0.2, 0.25) is 0 Å². The number of carbonyl (C=O) groups excluding carboxylic acids is 1. The lowest BCUT2D eigenvalue weighted by atomic mass is 10.1. The zero-order valence-electron chi connectivity index (χ0n) is 18.8. The number of nitrogens with one attached hydrogen (secondary N) is 2. The Morgan fingerprint density at radius 1 is 1.00 bits per heavy atom. The molecule has 0 unspecified atom stereocenters. The van der Waals surface area contributed by atoms with Crippen LogP contribution in [0.2, 0.25) is 0 Å². The Balaban J connectivity index is 2.07. The fraction of sp³-hybridized carbons (Fsp3) is 0.227. The number of aromatic nitrogens is 2. The molecule has 0 bridgehead atoms. The van der Waals surface area contributed by atoms with Crippen LogP contribution in [0.3, 0.4) is 0 Å². The number of carbonyl (C=O) groups is 1. The van der Waals surface area contributed by atoms with Crippen molar-refractivity contribution in [3.8, 4) is 11.6 Å². The summed E-state index contributed by atoms with van der Waals surface area (Å²) in [6.07, 6.45) is -8.44. The lowest BCUT2D eigenvalue weighted by molar-refractivity contribution is -0.142. The Labute approximate surface area is 201 Å². The first-order valence-corrected chi connectivity index (χ1v) is 11.9. The van der Waals surface area contributed by atoms with E-state index < -0.39 is 56.3 Å². The number of ether oxygens (including phenoxy) is 1. The summed E-state index contributed by atoms with van der Waals surface area (Å²) in [7, 11) is -3.15. The van der Waals surface area contributed by atoms with Crippen LogP contribution < -0.4 is 10.1 Å². The van der Waals surface area contributed by atoms with Gasteiger partial charge in [-0.05, 0) is 61.4 Å². The Kier molecular flexibility index (Phi) is 7.03. The van der Waals surface area contributed by atoms with Crippen molar-refractivity contribution in [2.24, 2.45) is 0 Å². The maximum Gasteiger partial charge on any atom is 0.435 e. The van der Waals surface area contributed by atoms with Gasteiger partial charge in [0.25, 0.3) is 11.8 Å². The molecule has 1 amide bonds. The molecule has 7 nitrogen and oxygen atoms in total. The van der Waals surface area contributed by atoms with Crippen molar-refractivity contribution in [2.45, 2.75) is 31.1 Å². The van der Waals surface area contributed by atoms with Gasteiger partial charge in [-0.25, -0.2) is 8.99 Å². The van der Waals surface area contributed by atoms with Crippen molar-refractivity contribution in [3.05, 3.63) is 70.4 Å². The van der Waals surface area contributed by atoms with Gasteiger partial charge < -0.3 is 10.1 Å². The number of rotatable bonds is 5. The van der Waals surface area contributed by atoms with E-state index in [0.29, 0.717) is 6.07 Å². The van der Waals surface area contributed by atoms with Gasteiger partial charge in [0.1, 0.15) is 11.3 Å². The summed E-state index contributed by atoms with van der Waals surface area (Å²) >= 11 is 0. The molecule has 1 heterocycles. The van der Waals surface area contributed by atoms with Crippen LogP contribution in [0.25, 0.3) is 0 Å². The van der Waals surface area contributed by atoms with Gasteiger partial charge in [0.15, 0.2) is 5.69 Å². The first-order valence-electron chi connectivity index (χ1n) is 9.94. The maximum absolute atomic E-state index is 13.4. The first kappa shape index (κ1) is 26.9. The number of amides is 1. The molecule has 0 saturated carbocycles. The number of alkyl halides is 6. The summed E-state index contributed by atoms with van der Waals surface area (Å²) in [5.41, 5.74) is -3.71. The molecule has 0 saturated heterocycles. The molecule has 3 rings (SSSR count). The van der Waals surface area contributed by atoms with E-state index >= 15 is 0 Å². The van der Waals surface area contributed by atoms with Gasteiger partial charge in [0, 0.05) is 16.8 Å². The smallest absolute Gasteiger partial charge is 0.435 e. The third kappa shape index (κ3) is 5.93. The van der Waals surface area contributed by atoms with Gasteiger partial charge in [-0.3, -0.25) is 4.79 Å². The molecule has 192 valence electrons. The number of halogens is 6. The van der Waals surface area contributed by atoms with Crippen LogP contribution >= 0.6 is 0 Å². The molecule has 2 N–H and O–H groups in total. The van der Waals surface area contributed by atoms with Crippen LogP contribution in [-0.4, -0.2) is 26.6 Å². The van der Waals surface area contributed by atoms with Crippen molar-refractivity contribution in [2.75, 3.05) is 11.6 Å². The zero-order valence-corrected chi connectivity index (χ0v) is 19.7. The predicted octanol–water partition coefficient (Wildman–Crippen LogP) is 6.21. The molecule has 1 atom stereocenters. The van der Waals surface area contributed by atoms with Crippen molar-refractivity contribution >= 4 is 21.3 Å². The second-order valence-corrected chi connectivity index (χ2v) is 9.92. The minimum Gasteiger partial charge on any atom is -0.437 e. The van der Waals surface area contributed by atoms with E-state index in [1.807, 2.05) is 0 Å². The molecule has 0 spiro atoms. The van der Waals surface area contributed by atoms with Gasteiger partial charge in [-0.1, -0.05) is 6.07 Å². The topological polar surface area (TPSA) is 105 Å². The SMILES string of the molecule is Cc1cc(C(F)(F)F)ccc1Oc1nnc(C(F)(F)F)c(C)c1C(=O)Nc1cccc([S@](C)(=N)=O)c1. The highest BCUT2D eigenvalue weighted by Gasteiger charge is 2.38. The molecule has 0 fully saturated rings. The largest absolute Gasteiger partial charge is 0.437 e. The fourth-order valence-electron chi connectivity index (χ4n) is 3.16. The highest BCUT2D eigenvalue weighted by Crippen LogP contribution is 2.37. The molecule has 0 aliphatic heterocycles. The van der Waals surface area contributed by atoms with E-state index in [2.05, 4.69) is 15.5 Å². The van der Waals surface area contributed by atoms with Gasteiger partial charge in [0.05, 0.1) is 15.3 Å². The van der Waals surface area contributed by atoms with Crippen LogP contribution in [0, 0.1) is 18.6 Å². The lowest BCUT2D eigenvalue weighted by Crippen LogP contribution is -2.21. The van der Waals surface area contributed by atoms with Crippen LogP contribution in [0.1, 0.15) is 32.7 Å². The average molecular weight is 532 g/mol. The molecule has 14 heteroatoms. The quantitative estimate of drug-likeness (QED) is 0.380. The number of benzene rings is 2. The molecular formula is C22H18F6N4O3S. The summed E-state index contributed by atoms with van der Waals surface area (Å²) in [4.78, 5) is 13.1. The second kappa shape index (κ2) is 9.41. The highest BCUT2D eigenvalue weighted by molar-refractivity contribution is 7.91. The maximum atomic E-state index is 13.4. The summed E-state index contributed by atoms with van der Waals surface area (Å²) in [5, 5.41) is 8.84. The van der Waals surface area contributed by atoms with Crippen LogP contribution in [0.4, 0.5) is 32.0 Å². The molecule has 0 radical (unpaired) electrons. The predicted molar refractivity (Wildman–Crippen MR) is 117 cm³/mol. The van der Waals surface area contributed by atoms with Gasteiger partial charge in [-0.15, -0.1) is 10.2 Å². The monoisotopic (exact) mass is 532 g/mol. The van der Waals surface area contributed by atoms with Crippen LogP contribution in [0.5, 0.6) is 11.6 Å². The van der Waals surface area contributed by atoms with Crippen molar-refractivity contribution in [1.29, 1.82) is 4.78 Å². The Hall–Kier alpha value is -3.68. The number of anilines is 1. The van der Waals surface area contributed by atoms with Crippen molar-refractivity contribution in [1.82, 2.24) is 10.2 Å². The molecule has 2 aromatic carbocycles. The minimum atomic E-state index is -4.96. The highest BCUT2D eigenvalue weighted by atomic mass is 32.2. The summed E-state index contributed by atoms with van der Waals surface area (Å²) in [6, 6.07) is 7.79. The number of hydrogen-bond donors (Lipinski definition) is 2. The molecule has 3 aromatic rings. The van der Waals surface area contributed by atoms with E-state index in [-0.39, 0.29) is 21.9 Å². The lowest BCUT2D eigenvalue weighted by Gasteiger charge is -2.17. The Morgan fingerprint density at radius 2 is 1.67 bits per heavy atom. The van der Waals surface area contributed by atoms with E-state index in [0.717, 1.165) is 25.3 Å². The third-order valence-electron chi connectivity index (χ3n) is 4.93. The van der Waals surface area contributed by atoms with Gasteiger partial charge in [-0.2, -0.15) is 26.3 Å². The fourth-order valence-corrected chi connectivity index (χ4v) is 3.85. The normalized spacial score (nSPS) is 13.7. The van der Waals surface area contributed by atoms with E-state index in [9.17, 15) is 35.3 Å². The standard InChI is InChI=1S/C22H18F6N4O3S/c1-11-9-13(21(23,24)25)7-8-16(11)35-20-17(12(2)18(31-32-20)22(26,27)28)19(33)30-14-5-4-6-15(10-14)36(3,29)34/h4-10,29H,1-3H3,(H,30,33)/t36-/m1/s1. The molecule has 1 aromatic heterocycles. The van der Waals surface area contributed by atoms with E-state index in [4.69, 9.17) is 9.52 Å². The number of nitrogens with zero attached hydrogens (tertiary/aromatic N) is 2. The summed E-state index contributed by atoms with van der Waals surface area (Å²) < 4.78 is 104. The summed E-state index contributed by atoms with van der Waals surface area (Å²) in [6.45, 7) is 2.25. The molecule has 0 aliphatic carbocycles. The average Bonchev–Trinajstić information content (AvgIpc) is 2.73. The number of aryl methyl sites for hydroxylation is 1. The van der Waals surface area contributed by atoms with Crippen LogP contribution in [0.15, 0.2) is 47.4 Å². The zero-order chi connectivity index (χ0) is 27.1. The Bertz CT molecular complexity index is 1440. The first-order chi connectivity index (χ1) is 16.5. The molecule has 0 aliphatic rings. The second-order valence-electron chi connectivity index (χ2n) is 7.76. The summed E-state index contributed by atoms with van der Waals surface area (Å²) in [5.74, 6) is -1.96. The van der Waals surface area contributed by atoms with E-state index in [1.54, 1.807) is 0 Å².